The Bertz CT molecular complexity index is 456. The summed E-state index contributed by atoms with van der Waals surface area (Å²) in [6, 6.07) is 6.74. The molecule has 0 saturated heterocycles. The second kappa shape index (κ2) is 5.49. The molecule has 1 aliphatic rings. The van der Waals surface area contributed by atoms with Crippen LogP contribution in [-0.4, -0.2) is 10.3 Å². The molecule has 1 aromatic rings. The van der Waals surface area contributed by atoms with Crippen molar-refractivity contribution in [3.8, 4) is 0 Å². The maximum absolute atomic E-state index is 10.6. The first kappa shape index (κ1) is 14.3. The highest BCUT2D eigenvalue weighted by Gasteiger charge is 2.38. The Balaban J connectivity index is 2.02. The van der Waals surface area contributed by atoms with E-state index in [1.807, 2.05) is 12.1 Å². The van der Waals surface area contributed by atoms with Crippen LogP contribution in [0, 0.1) is 21.4 Å². The Kier molecular flexibility index (Phi) is 4.14. The Hall–Kier alpha value is -1.09. The minimum Gasteiger partial charge on any atom is -0.258 e. The number of halogens is 1. The standard InChI is InChI=1S/C15H20ClNO2/c1-15(2)9-3-4-13(15)14(16)10-11-5-7-12(8-6-11)17(18)19/h5-8,13-14H,3-4,9-10H2,1-2H3. The Labute approximate surface area is 119 Å². The third-order valence-electron chi connectivity index (χ3n) is 4.35. The molecule has 0 aliphatic heterocycles. The van der Waals surface area contributed by atoms with Crippen LogP contribution in [0.1, 0.15) is 38.7 Å². The van der Waals surface area contributed by atoms with Gasteiger partial charge in [-0.15, -0.1) is 11.6 Å². The lowest BCUT2D eigenvalue weighted by Crippen LogP contribution is -2.27. The van der Waals surface area contributed by atoms with Crippen molar-refractivity contribution in [3.63, 3.8) is 0 Å². The maximum Gasteiger partial charge on any atom is 0.269 e. The van der Waals surface area contributed by atoms with Crippen molar-refractivity contribution in [2.75, 3.05) is 0 Å². The van der Waals surface area contributed by atoms with Crippen LogP contribution >= 0.6 is 11.6 Å². The highest BCUT2D eigenvalue weighted by molar-refractivity contribution is 6.21. The van der Waals surface area contributed by atoms with Crippen LogP contribution in [0.25, 0.3) is 0 Å². The van der Waals surface area contributed by atoms with E-state index in [-0.39, 0.29) is 16.0 Å². The van der Waals surface area contributed by atoms with Gasteiger partial charge in [-0.25, -0.2) is 0 Å². The molecule has 0 aromatic heterocycles. The van der Waals surface area contributed by atoms with Crippen LogP contribution in [0.4, 0.5) is 5.69 Å². The lowest BCUT2D eigenvalue weighted by Gasteiger charge is -2.30. The van der Waals surface area contributed by atoms with Gasteiger partial charge in [0.15, 0.2) is 0 Å². The smallest absolute Gasteiger partial charge is 0.258 e. The molecule has 3 nitrogen and oxygen atoms in total. The fraction of sp³-hybridized carbons (Fsp3) is 0.600. The fourth-order valence-electron chi connectivity index (χ4n) is 3.15. The zero-order chi connectivity index (χ0) is 14.0. The molecule has 2 unspecified atom stereocenters. The molecule has 0 spiro atoms. The summed E-state index contributed by atoms with van der Waals surface area (Å²) in [5, 5.41) is 10.7. The van der Waals surface area contributed by atoms with Gasteiger partial charge < -0.3 is 0 Å². The van der Waals surface area contributed by atoms with Gasteiger partial charge in [-0.1, -0.05) is 32.4 Å². The second-order valence-electron chi connectivity index (χ2n) is 6.13. The van der Waals surface area contributed by atoms with Gasteiger partial charge in [0.25, 0.3) is 5.69 Å². The first-order valence-corrected chi connectivity index (χ1v) is 7.21. The summed E-state index contributed by atoms with van der Waals surface area (Å²) in [5.74, 6) is 0.532. The fourth-order valence-corrected chi connectivity index (χ4v) is 3.79. The number of alkyl halides is 1. The average molecular weight is 282 g/mol. The third-order valence-corrected chi connectivity index (χ3v) is 4.81. The minimum atomic E-state index is -0.373. The first-order chi connectivity index (χ1) is 8.90. The van der Waals surface area contributed by atoms with Gasteiger partial charge in [0.05, 0.1) is 4.92 Å². The number of nitro groups is 1. The highest BCUT2D eigenvalue weighted by atomic mass is 35.5. The Morgan fingerprint density at radius 1 is 1.42 bits per heavy atom. The summed E-state index contributed by atoms with van der Waals surface area (Å²) < 4.78 is 0. The van der Waals surface area contributed by atoms with Gasteiger partial charge in [-0.05, 0) is 36.2 Å². The monoisotopic (exact) mass is 281 g/mol. The van der Waals surface area contributed by atoms with Crippen molar-refractivity contribution in [2.24, 2.45) is 11.3 Å². The third kappa shape index (κ3) is 3.27. The van der Waals surface area contributed by atoms with Gasteiger partial charge in [-0.2, -0.15) is 0 Å². The quantitative estimate of drug-likeness (QED) is 0.461. The summed E-state index contributed by atoms with van der Waals surface area (Å²) >= 11 is 6.57. The molecule has 1 aliphatic carbocycles. The number of rotatable bonds is 4. The van der Waals surface area contributed by atoms with Gasteiger partial charge in [-0.3, -0.25) is 10.1 Å². The summed E-state index contributed by atoms with van der Waals surface area (Å²) in [6.45, 7) is 4.58. The molecule has 1 fully saturated rings. The van der Waals surface area contributed by atoms with Gasteiger partial charge in [0.1, 0.15) is 0 Å². The maximum atomic E-state index is 10.6. The van der Waals surface area contributed by atoms with Crippen molar-refractivity contribution < 1.29 is 4.92 Å². The normalized spacial score (nSPS) is 23.2. The Morgan fingerprint density at radius 2 is 2.05 bits per heavy atom. The van der Waals surface area contributed by atoms with Crippen LogP contribution in [0.15, 0.2) is 24.3 Å². The van der Waals surface area contributed by atoms with Crippen LogP contribution in [0.5, 0.6) is 0 Å². The van der Waals surface area contributed by atoms with E-state index < -0.39 is 0 Å². The molecule has 0 N–H and O–H groups in total. The van der Waals surface area contributed by atoms with E-state index in [1.54, 1.807) is 12.1 Å². The lowest BCUT2D eigenvalue weighted by molar-refractivity contribution is -0.384. The first-order valence-electron chi connectivity index (χ1n) is 6.77. The van der Waals surface area contributed by atoms with Crippen LogP contribution < -0.4 is 0 Å². The minimum absolute atomic E-state index is 0.110. The van der Waals surface area contributed by atoms with Gasteiger partial charge in [0.2, 0.25) is 0 Å². The van der Waals surface area contributed by atoms with Crippen molar-refractivity contribution in [2.45, 2.75) is 44.9 Å². The molecular formula is C15H20ClNO2. The number of nitro benzene ring substituents is 1. The molecule has 1 saturated carbocycles. The van der Waals surface area contributed by atoms with E-state index in [9.17, 15) is 10.1 Å². The Morgan fingerprint density at radius 3 is 2.53 bits per heavy atom. The molecule has 0 amide bonds. The van der Waals surface area contributed by atoms with Crippen LogP contribution in [0.2, 0.25) is 0 Å². The predicted octanol–water partition coefficient (Wildman–Crippen LogP) is 4.57. The molecule has 19 heavy (non-hydrogen) atoms. The average Bonchev–Trinajstić information content (AvgIpc) is 2.69. The number of hydrogen-bond donors (Lipinski definition) is 0. The van der Waals surface area contributed by atoms with E-state index in [0.717, 1.165) is 12.0 Å². The van der Waals surface area contributed by atoms with Crippen molar-refractivity contribution in [1.82, 2.24) is 0 Å². The number of nitrogens with zero attached hydrogens (tertiary/aromatic N) is 1. The van der Waals surface area contributed by atoms with E-state index in [1.165, 1.54) is 19.3 Å². The largest absolute Gasteiger partial charge is 0.269 e. The molecule has 1 aromatic carbocycles. The number of benzene rings is 1. The molecule has 0 radical (unpaired) electrons. The summed E-state index contributed by atoms with van der Waals surface area (Å²) in [6.07, 6.45) is 4.46. The molecular weight excluding hydrogens is 262 g/mol. The molecule has 4 heteroatoms. The van der Waals surface area contributed by atoms with Crippen molar-refractivity contribution in [1.29, 1.82) is 0 Å². The predicted molar refractivity (Wildman–Crippen MR) is 77.6 cm³/mol. The van der Waals surface area contributed by atoms with E-state index in [4.69, 9.17) is 11.6 Å². The molecule has 104 valence electrons. The van der Waals surface area contributed by atoms with E-state index in [2.05, 4.69) is 13.8 Å². The van der Waals surface area contributed by atoms with Gasteiger partial charge >= 0.3 is 0 Å². The number of hydrogen-bond acceptors (Lipinski definition) is 2. The number of non-ortho nitro benzene ring substituents is 1. The van der Waals surface area contributed by atoms with Crippen LogP contribution in [0.3, 0.4) is 0 Å². The topological polar surface area (TPSA) is 43.1 Å². The molecule has 0 heterocycles. The SMILES string of the molecule is CC1(C)CCCC1C(Cl)Cc1ccc([N+](=O)[O-])cc1. The molecule has 2 rings (SSSR count). The zero-order valence-corrected chi connectivity index (χ0v) is 12.2. The lowest BCUT2D eigenvalue weighted by atomic mass is 9.78. The van der Waals surface area contributed by atoms with Crippen molar-refractivity contribution in [3.05, 3.63) is 39.9 Å². The summed E-state index contributed by atoms with van der Waals surface area (Å²) in [7, 11) is 0. The summed E-state index contributed by atoms with van der Waals surface area (Å²) in [4.78, 5) is 10.2. The van der Waals surface area contributed by atoms with Crippen molar-refractivity contribution >= 4 is 17.3 Å². The second-order valence-corrected chi connectivity index (χ2v) is 6.69. The molecule has 2 atom stereocenters. The van der Waals surface area contributed by atoms with E-state index in [0.29, 0.717) is 11.3 Å². The zero-order valence-electron chi connectivity index (χ0n) is 11.4. The molecule has 0 bridgehead atoms. The highest BCUT2D eigenvalue weighted by Crippen LogP contribution is 2.46. The van der Waals surface area contributed by atoms with E-state index >= 15 is 0 Å². The van der Waals surface area contributed by atoms with Crippen LogP contribution in [-0.2, 0) is 6.42 Å². The summed E-state index contributed by atoms with van der Waals surface area (Å²) in [5.41, 5.74) is 1.53. The van der Waals surface area contributed by atoms with Gasteiger partial charge in [0, 0.05) is 17.5 Å².